The van der Waals surface area contributed by atoms with Gasteiger partial charge in [0.15, 0.2) is 5.78 Å². The van der Waals surface area contributed by atoms with Gasteiger partial charge in [0, 0.05) is 27.7 Å². The van der Waals surface area contributed by atoms with Crippen molar-refractivity contribution in [1.82, 2.24) is 0 Å². The number of ketones is 1. The first-order valence-corrected chi connectivity index (χ1v) is 12.0. The summed E-state index contributed by atoms with van der Waals surface area (Å²) in [5.74, 6) is 0.587. The molecule has 1 aromatic rings. The highest BCUT2D eigenvalue weighted by Crippen LogP contribution is 2.52. The first kappa shape index (κ1) is 20.7. The first-order valence-electron chi connectivity index (χ1n) is 11.2. The first-order chi connectivity index (χ1) is 15.0. The summed E-state index contributed by atoms with van der Waals surface area (Å²) >= 11 is 1.56. The van der Waals surface area contributed by atoms with E-state index in [4.69, 9.17) is 9.47 Å². The number of aryl methyl sites for hydroxylation is 1. The van der Waals surface area contributed by atoms with Gasteiger partial charge >= 0.3 is 5.97 Å². The fraction of sp³-hybridized carbons (Fsp3) is 0.520. The van der Waals surface area contributed by atoms with Crippen LogP contribution in [0.25, 0.3) is 0 Å². The Morgan fingerprint density at radius 3 is 2.77 bits per heavy atom. The second-order valence-electron chi connectivity index (χ2n) is 8.88. The molecule has 4 aliphatic rings. The smallest absolute Gasteiger partial charge is 0.337 e. The van der Waals surface area contributed by atoms with Crippen LogP contribution in [0.2, 0.25) is 0 Å². The summed E-state index contributed by atoms with van der Waals surface area (Å²) in [4.78, 5) is 27.8. The highest BCUT2D eigenvalue weighted by Gasteiger charge is 2.44. The summed E-state index contributed by atoms with van der Waals surface area (Å²) in [5, 5.41) is 10.4. The molecule has 0 spiro atoms. The van der Waals surface area contributed by atoms with E-state index >= 15 is 0 Å². The third kappa shape index (κ3) is 3.60. The van der Waals surface area contributed by atoms with Crippen molar-refractivity contribution in [3.8, 4) is 0 Å². The lowest BCUT2D eigenvalue weighted by atomic mass is 9.72. The molecule has 0 amide bonds. The van der Waals surface area contributed by atoms with Gasteiger partial charge in [-0.25, -0.2) is 4.79 Å². The van der Waals surface area contributed by atoms with Crippen molar-refractivity contribution in [3.05, 3.63) is 56.0 Å². The maximum Gasteiger partial charge on any atom is 0.337 e. The third-order valence-corrected chi connectivity index (χ3v) is 8.16. The molecule has 1 N–H and O–H groups in total. The Kier molecular flexibility index (Phi) is 5.39. The molecule has 1 aromatic heterocycles. The quantitative estimate of drug-likeness (QED) is 0.681. The largest absolute Gasteiger partial charge is 0.500 e. The van der Waals surface area contributed by atoms with Crippen molar-refractivity contribution < 1.29 is 24.2 Å². The highest BCUT2D eigenvalue weighted by atomic mass is 32.1. The summed E-state index contributed by atoms with van der Waals surface area (Å²) in [6.07, 6.45) is 8.63. The zero-order valence-electron chi connectivity index (χ0n) is 18.0. The van der Waals surface area contributed by atoms with Crippen LogP contribution in [-0.4, -0.2) is 30.6 Å². The summed E-state index contributed by atoms with van der Waals surface area (Å²) in [6.45, 7) is 2.13. The summed E-state index contributed by atoms with van der Waals surface area (Å²) in [6, 6.07) is 2.11. The molecule has 5 rings (SSSR count). The monoisotopic (exact) mass is 440 g/mol. The van der Waals surface area contributed by atoms with E-state index in [1.54, 1.807) is 25.4 Å². The van der Waals surface area contributed by atoms with E-state index in [1.807, 2.05) is 12.2 Å². The van der Waals surface area contributed by atoms with Gasteiger partial charge in [0.05, 0.1) is 25.4 Å². The Labute approximate surface area is 186 Å². The number of ether oxygens (including phenoxy) is 2. The van der Waals surface area contributed by atoms with Crippen LogP contribution in [0.4, 0.5) is 0 Å². The maximum atomic E-state index is 13.4. The average molecular weight is 441 g/mol. The van der Waals surface area contributed by atoms with Crippen LogP contribution in [0.3, 0.4) is 0 Å². The molecule has 164 valence electrons. The Morgan fingerprint density at radius 1 is 1.29 bits per heavy atom. The van der Waals surface area contributed by atoms with Gasteiger partial charge in [-0.15, -0.1) is 11.3 Å². The molecule has 1 saturated carbocycles. The minimum atomic E-state index is -0.432. The lowest BCUT2D eigenvalue weighted by molar-refractivity contribution is -0.138. The number of carbonyl (C=O) groups is 2. The standard InChI is InChI=1S/C25H28O5S/c1-3-30-25(28)16-9-15-11-19(27)22(20-12-14-5-4-6-18(26)24(14)31-20)23(29-2)21(15)17(10-16)13-7-8-13/h9-10,12-13,17-18,22,26H,3-8,11H2,1-2H3. The normalized spacial score (nSPS) is 27.8. The number of aliphatic hydroxyl groups excluding tert-OH is 1. The van der Waals surface area contributed by atoms with Gasteiger partial charge in [-0.3, -0.25) is 4.79 Å². The molecule has 0 saturated heterocycles. The molecule has 6 heteroatoms. The molecule has 0 aromatic carbocycles. The van der Waals surface area contributed by atoms with E-state index in [2.05, 4.69) is 6.07 Å². The number of hydrogen-bond acceptors (Lipinski definition) is 6. The van der Waals surface area contributed by atoms with E-state index in [0.717, 1.165) is 53.0 Å². The lowest BCUT2D eigenvalue weighted by Crippen LogP contribution is -2.28. The maximum absolute atomic E-state index is 13.4. The van der Waals surface area contributed by atoms with Gasteiger partial charge < -0.3 is 14.6 Å². The Bertz CT molecular complexity index is 1020. The van der Waals surface area contributed by atoms with Gasteiger partial charge in [-0.1, -0.05) is 6.08 Å². The number of Topliss-reactive ketones (excluding diaryl/α,β-unsaturated/α-hetero) is 1. The molecular weight excluding hydrogens is 412 g/mol. The second-order valence-corrected chi connectivity index (χ2v) is 10.00. The van der Waals surface area contributed by atoms with E-state index in [0.29, 0.717) is 23.9 Å². The molecule has 31 heavy (non-hydrogen) atoms. The summed E-state index contributed by atoms with van der Waals surface area (Å²) in [7, 11) is 1.64. The number of thiophene rings is 1. The van der Waals surface area contributed by atoms with E-state index < -0.39 is 12.0 Å². The van der Waals surface area contributed by atoms with Crippen LogP contribution in [0.1, 0.15) is 66.4 Å². The van der Waals surface area contributed by atoms with E-state index in [9.17, 15) is 14.7 Å². The SMILES string of the molecule is CCOC(=O)C1=CC(C2CC2)C2=C(OC)C(c3cc4c(s3)C(O)CCC4)C(=O)CC2=C1. The molecule has 3 atom stereocenters. The minimum absolute atomic E-state index is 0.0742. The van der Waals surface area contributed by atoms with Crippen molar-refractivity contribution in [2.75, 3.05) is 13.7 Å². The number of carbonyl (C=O) groups excluding carboxylic acids is 2. The van der Waals surface area contributed by atoms with Crippen LogP contribution in [0, 0.1) is 11.8 Å². The molecule has 0 radical (unpaired) electrons. The molecule has 4 aliphatic carbocycles. The topological polar surface area (TPSA) is 72.8 Å². The van der Waals surface area contributed by atoms with Crippen LogP contribution >= 0.6 is 11.3 Å². The zero-order valence-corrected chi connectivity index (χ0v) is 18.8. The predicted molar refractivity (Wildman–Crippen MR) is 118 cm³/mol. The van der Waals surface area contributed by atoms with Crippen LogP contribution in [0.15, 0.2) is 40.7 Å². The predicted octanol–water partition coefficient (Wildman–Crippen LogP) is 4.53. The van der Waals surface area contributed by atoms with Crippen molar-refractivity contribution in [2.24, 2.45) is 11.8 Å². The van der Waals surface area contributed by atoms with E-state index in [1.165, 1.54) is 5.56 Å². The van der Waals surface area contributed by atoms with Crippen LogP contribution < -0.4 is 0 Å². The molecule has 0 aliphatic heterocycles. The Hall–Kier alpha value is -2.18. The number of esters is 1. The number of aliphatic hydroxyl groups is 1. The number of hydrogen-bond donors (Lipinski definition) is 1. The van der Waals surface area contributed by atoms with Gasteiger partial charge in [-0.2, -0.15) is 0 Å². The second kappa shape index (κ2) is 8.06. The average Bonchev–Trinajstić information content (AvgIpc) is 3.51. The molecular formula is C25H28O5S. The van der Waals surface area contributed by atoms with Gasteiger partial charge in [0.25, 0.3) is 0 Å². The minimum Gasteiger partial charge on any atom is -0.500 e. The lowest BCUT2D eigenvalue weighted by Gasteiger charge is -2.33. The van der Waals surface area contributed by atoms with Gasteiger partial charge in [0.2, 0.25) is 0 Å². The fourth-order valence-corrected chi connectivity index (χ4v) is 6.61. The Balaban J connectivity index is 1.59. The molecule has 5 nitrogen and oxygen atoms in total. The summed E-state index contributed by atoms with van der Waals surface area (Å²) in [5.41, 5.74) is 3.69. The van der Waals surface area contributed by atoms with Crippen molar-refractivity contribution in [1.29, 1.82) is 0 Å². The van der Waals surface area contributed by atoms with Gasteiger partial charge in [-0.05, 0) is 68.2 Å². The fourth-order valence-electron chi connectivity index (χ4n) is 5.25. The van der Waals surface area contributed by atoms with Crippen molar-refractivity contribution in [2.45, 2.75) is 57.5 Å². The van der Waals surface area contributed by atoms with Crippen LogP contribution in [0.5, 0.6) is 0 Å². The number of allylic oxidation sites excluding steroid dienone is 4. The Morgan fingerprint density at radius 2 is 2.10 bits per heavy atom. The molecule has 1 heterocycles. The number of fused-ring (bicyclic) bond motifs is 2. The third-order valence-electron chi connectivity index (χ3n) is 6.81. The van der Waals surface area contributed by atoms with Crippen LogP contribution in [-0.2, 0) is 25.5 Å². The zero-order chi connectivity index (χ0) is 21.7. The van der Waals surface area contributed by atoms with Crippen molar-refractivity contribution >= 4 is 23.1 Å². The van der Waals surface area contributed by atoms with E-state index in [-0.39, 0.29) is 24.1 Å². The molecule has 1 fully saturated rings. The molecule has 0 bridgehead atoms. The highest BCUT2D eigenvalue weighted by molar-refractivity contribution is 7.12. The summed E-state index contributed by atoms with van der Waals surface area (Å²) < 4.78 is 11.2. The van der Waals surface area contributed by atoms with Gasteiger partial charge in [0.1, 0.15) is 11.7 Å². The number of methoxy groups -OCH3 is 1. The molecule has 3 unspecified atom stereocenters. The van der Waals surface area contributed by atoms with Crippen molar-refractivity contribution in [3.63, 3.8) is 0 Å². The number of rotatable bonds is 5.